The van der Waals surface area contributed by atoms with Crippen LogP contribution in [0, 0.1) is 0 Å². The Morgan fingerprint density at radius 2 is 1.09 bits per heavy atom. The van der Waals surface area contributed by atoms with Gasteiger partial charge >= 0.3 is 19.8 Å². The van der Waals surface area contributed by atoms with Gasteiger partial charge in [0.1, 0.15) is 6.61 Å². The van der Waals surface area contributed by atoms with Crippen molar-refractivity contribution in [3.05, 3.63) is 12.2 Å². The van der Waals surface area contributed by atoms with Gasteiger partial charge in [-0.2, -0.15) is 0 Å². The lowest BCUT2D eigenvalue weighted by Gasteiger charge is -2.19. The summed E-state index contributed by atoms with van der Waals surface area (Å²) in [5.74, 6) is -0.837. The molecule has 0 aliphatic heterocycles. The van der Waals surface area contributed by atoms with Crippen molar-refractivity contribution in [3.63, 3.8) is 0 Å². The average Bonchev–Trinajstić information content (AvgIpc) is 3.02. The number of carbonyl (C=O) groups excluding carboxylic acids is 2. The van der Waals surface area contributed by atoms with Gasteiger partial charge in [-0.3, -0.25) is 18.6 Å². The molecule has 0 heterocycles. The van der Waals surface area contributed by atoms with E-state index in [9.17, 15) is 19.0 Å². The zero-order valence-corrected chi connectivity index (χ0v) is 29.8. The Bertz CT molecular complexity index is 764. The fourth-order valence-electron chi connectivity index (χ4n) is 4.92. The van der Waals surface area contributed by atoms with E-state index in [-0.39, 0.29) is 38.6 Å². The molecule has 10 heteroatoms. The van der Waals surface area contributed by atoms with E-state index in [1.165, 1.54) is 83.5 Å². The standard InChI is InChI=1S/C35H68NO8P/c1-3-5-7-9-11-13-15-16-18-19-21-23-25-27-34(37)41-31-33(32-43-45(39,40)42-30-29-36)44-35(38)28-26-24-22-20-17-14-12-10-8-6-4-2/h13,15,33H,3-12,14,16-32,36H2,1-2H3,(H,39,40)/b15-13+/t33-/m1/s1. The maximum atomic E-state index is 12.5. The van der Waals surface area contributed by atoms with E-state index in [1.54, 1.807) is 0 Å². The van der Waals surface area contributed by atoms with E-state index < -0.39 is 26.5 Å². The summed E-state index contributed by atoms with van der Waals surface area (Å²) in [6.45, 7) is 3.69. The summed E-state index contributed by atoms with van der Waals surface area (Å²) in [5, 5.41) is 0. The highest BCUT2D eigenvalue weighted by Gasteiger charge is 2.25. The molecule has 0 radical (unpaired) electrons. The van der Waals surface area contributed by atoms with Gasteiger partial charge < -0.3 is 20.1 Å². The van der Waals surface area contributed by atoms with Crippen LogP contribution in [0.3, 0.4) is 0 Å². The van der Waals surface area contributed by atoms with Crippen molar-refractivity contribution >= 4 is 19.8 Å². The Morgan fingerprint density at radius 1 is 0.644 bits per heavy atom. The number of nitrogens with two attached hydrogens (primary N) is 1. The molecule has 2 atom stereocenters. The van der Waals surface area contributed by atoms with Crippen molar-refractivity contribution in [2.24, 2.45) is 5.73 Å². The predicted octanol–water partition coefficient (Wildman–Crippen LogP) is 9.49. The number of ether oxygens (including phenoxy) is 2. The third kappa shape index (κ3) is 32.5. The fourth-order valence-corrected chi connectivity index (χ4v) is 5.69. The normalized spacial score (nSPS) is 13.6. The van der Waals surface area contributed by atoms with E-state index in [2.05, 4.69) is 26.0 Å². The summed E-state index contributed by atoms with van der Waals surface area (Å²) < 4.78 is 32.6. The number of phosphoric acid groups is 1. The number of rotatable bonds is 34. The summed E-state index contributed by atoms with van der Waals surface area (Å²) in [6, 6.07) is 0. The highest BCUT2D eigenvalue weighted by molar-refractivity contribution is 7.47. The van der Waals surface area contributed by atoms with Gasteiger partial charge in [-0.1, -0.05) is 129 Å². The summed E-state index contributed by atoms with van der Waals surface area (Å²) in [6.07, 6.45) is 29.5. The maximum Gasteiger partial charge on any atom is 0.472 e. The first-order valence-corrected chi connectivity index (χ1v) is 19.7. The van der Waals surface area contributed by atoms with Gasteiger partial charge in [0.05, 0.1) is 13.2 Å². The summed E-state index contributed by atoms with van der Waals surface area (Å²) in [5.41, 5.74) is 5.32. The molecule has 0 spiro atoms. The summed E-state index contributed by atoms with van der Waals surface area (Å²) in [4.78, 5) is 34.6. The van der Waals surface area contributed by atoms with Crippen LogP contribution in [0.2, 0.25) is 0 Å². The number of allylic oxidation sites excluding steroid dienone is 2. The summed E-state index contributed by atoms with van der Waals surface area (Å²) in [7, 11) is -4.36. The molecule has 45 heavy (non-hydrogen) atoms. The fraction of sp³-hybridized carbons (Fsp3) is 0.886. The summed E-state index contributed by atoms with van der Waals surface area (Å²) >= 11 is 0. The van der Waals surface area contributed by atoms with Crippen LogP contribution in [-0.4, -0.2) is 49.3 Å². The van der Waals surface area contributed by atoms with E-state index >= 15 is 0 Å². The van der Waals surface area contributed by atoms with Crippen molar-refractivity contribution < 1.29 is 37.6 Å². The molecule has 0 aromatic heterocycles. The van der Waals surface area contributed by atoms with Crippen LogP contribution in [0.25, 0.3) is 0 Å². The van der Waals surface area contributed by atoms with Gasteiger partial charge in [-0.25, -0.2) is 4.57 Å². The van der Waals surface area contributed by atoms with Crippen LogP contribution in [0.5, 0.6) is 0 Å². The average molecular weight is 662 g/mol. The molecule has 0 amide bonds. The largest absolute Gasteiger partial charge is 0.472 e. The molecule has 266 valence electrons. The van der Waals surface area contributed by atoms with Crippen molar-refractivity contribution in [2.45, 2.75) is 174 Å². The van der Waals surface area contributed by atoms with Gasteiger partial charge in [0, 0.05) is 19.4 Å². The Hall–Kier alpha value is -1.25. The first-order valence-electron chi connectivity index (χ1n) is 18.2. The molecular weight excluding hydrogens is 593 g/mol. The topological polar surface area (TPSA) is 134 Å². The third-order valence-corrected chi connectivity index (χ3v) is 8.64. The molecule has 0 aliphatic carbocycles. The molecule has 0 aromatic carbocycles. The van der Waals surface area contributed by atoms with Crippen molar-refractivity contribution in [2.75, 3.05) is 26.4 Å². The number of unbranched alkanes of at least 4 members (excludes halogenated alkanes) is 19. The Balaban J connectivity index is 4.25. The van der Waals surface area contributed by atoms with Crippen LogP contribution in [0.15, 0.2) is 12.2 Å². The van der Waals surface area contributed by atoms with Crippen LogP contribution < -0.4 is 5.73 Å². The zero-order chi connectivity index (χ0) is 33.3. The number of hydrogen-bond donors (Lipinski definition) is 2. The lowest BCUT2D eigenvalue weighted by molar-refractivity contribution is -0.161. The molecular formula is C35H68NO8P. The minimum atomic E-state index is -4.36. The molecule has 9 nitrogen and oxygen atoms in total. The second kappa shape index (κ2) is 32.7. The van der Waals surface area contributed by atoms with Gasteiger partial charge in [-0.05, 0) is 38.5 Å². The number of esters is 2. The Kier molecular flexibility index (Phi) is 31.8. The maximum absolute atomic E-state index is 12.5. The lowest BCUT2D eigenvalue weighted by Crippen LogP contribution is -2.29. The minimum Gasteiger partial charge on any atom is -0.462 e. The van der Waals surface area contributed by atoms with Crippen LogP contribution in [0.1, 0.15) is 168 Å². The van der Waals surface area contributed by atoms with Crippen LogP contribution in [-0.2, 0) is 32.7 Å². The number of carbonyl (C=O) groups is 2. The number of hydrogen-bond acceptors (Lipinski definition) is 8. The van der Waals surface area contributed by atoms with Crippen molar-refractivity contribution in [1.82, 2.24) is 0 Å². The van der Waals surface area contributed by atoms with Gasteiger partial charge in [0.15, 0.2) is 6.10 Å². The zero-order valence-electron chi connectivity index (χ0n) is 28.9. The molecule has 0 aliphatic rings. The highest BCUT2D eigenvalue weighted by atomic mass is 31.2. The van der Waals surface area contributed by atoms with Crippen LogP contribution in [0.4, 0.5) is 0 Å². The van der Waals surface area contributed by atoms with Crippen LogP contribution >= 0.6 is 7.82 Å². The molecule has 0 saturated carbocycles. The molecule has 0 saturated heterocycles. The van der Waals surface area contributed by atoms with E-state index in [4.69, 9.17) is 24.3 Å². The monoisotopic (exact) mass is 661 g/mol. The third-order valence-electron chi connectivity index (χ3n) is 7.65. The first-order chi connectivity index (χ1) is 21.8. The smallest absolute Gasteiger partial charge is 0.462 e. The molecule has 0 aromatic rings. The molecule has 0 bridgehead atoms. The first kappa shape index (κ1) is 43.8. The minimum absolute atomic E-state index is 0.0547. The van der Waals surface area contributed by atoms with Gasteiger partial charge in [0.2, 0.25) is 0 Å². The molecule has 3 N–H and O–H groups in total. The Labute approximate surface area is 275 Å². The SMILES string of the molecule is CCCCCC/C=C/CCCCCCCC(=O)OC[C@H](COP(=O)(O)OCCN)OC(=O)CCCCCCCCCCCCC. The molecule has 1 unspecified atom stereocenters. The molecule has 0 fully saturated rings. The lowest BCUT2D eigenvalue weighted by atomic mass is 10.1. The quantitative estimate of drug-likeness (QED) is 0.0299. The van der Waals surface area contributed by atoms with E-state index in [1.807, 2.05) is 0 Å². The second-order valence-electron chi connectivity index (χ2n) is 12.1. The van der Waals surface area contributed by atoms with Gasteiger partial charge in [-0.15, -0.1) is 0 Å². The van der Waals surface area contributed by atoms with Gasteiger partial charge in [0.25, 0.3) is 0 Å². The second-order valence-corrected chi connectivity index (χ2v) is 13.5. The number of phosphoric ester groups is 1. The van der Waals surface area contributed by atoms with E-state index in [0.29, 0.717) is 6.42 Å². The van der Waals surface area contributed by atoms with Crippen molar-refractivity contribution in [3.8, 4) is 0 Å². The Morgan fingerprint density at radius 3 is 1.60 bits per heavy atom. The predicted molar refractivity (Wildman–Crippen MR) is 183 cm³/mol. The highest BCUT2D eigenvalue weighted by Crippen LogP contribution is 2.43. The molecule has 0 rings (SSSR count). The van der Waals surface area contributed by atoms with E-state index in [0.717, 1.165) is 51.4 Å². The van der Waals surface area contributed by atoms with Crippen molar-refractivity contribution in [1.29, 1.82) is 0 Å².